The van der Waals surface area contributed by atoms with E-state index in [1.807, 2.05) is 0 Å². The summed E-state index contributed by atoms with van der Waals surface area (Å²) in [6.45, 7) is 1.72. The van der Waals surface area contributed by atoms with Gasteiger partial charge in [0.1, 0.15) is 0 Å². The summed E-state index contributed by atoms with van der Waals surface area (Å²) in [6, 6.07) is 0. The Kier molecular flexibility index (Phi) is 3.76. The van der Waals surface area contributed by atoms with Crippen LogP contribution in [0.15, 0.2) is 0 Å². The molecule has 0 amide bonds. The van der Waals surface area contributed by atoms with Gasteiger partial charge in [0.2, 0.25) is 0 Å². The largest absolute Gasteiger partial charge is 0.378 e. The number of hydrogen-bond acceptors (Lipinski definition) is 2. The summed E-state index contributed by atoms with van der Waals surface area (Å²) in [4.78, 5) is 0. The minimum atomic E-state index is 0.595. The lowest BCUT2D eigenvalue weighted by molar-refractivity contribution is 0.000988. The molecule has 10 heavy (non-hydrogen) atoms. The maximum Gasteiger partial charge on any atom is 0.0575 e. The molecule has 60 valence electrons. The molecule has 0 saturated heterocycles. The van der Waals surface area contributed by atoms with Crippen molar-refractivity contribution in [1.29, 1.82) is 0 Å². The maximum absolute atomic E-state index is 5.52. The first kappa shape index (κ1) is 8.02. The third-order valence-electron chi connectivity index (χ3n) is 2.00. The number of nitrogens with two attached hydrogens (primary N) is 1. The summed E-state index contributed by atoms with van der Waals surface area (Å²) >= 11 is 0. The van der Waals surface area contributed by atoms with Crippen molar-refractivity contribution in [3.8, 4) is 0 Å². The summed E-state index contributed by atoms with van der Waals surface area (Å²) in [5.74, 6) is 0. The first-order valence-electron chi connectivity index (χ1n) is 4.25. The van der Waals surface area contributed by atoms with Crippen molar-refractivity contribution in [3.63, 3.8) is 0 Å². The third kappa shape index (κ3) is 2.67. The van der Waals surface area contributed by atoms with E-state index in [2.05, 4.69) is 0 Å². The van der Waals surface area contributed by atoms with Crippen molar-refractivity contribution in [2.45, 2.75) is 38.2 Å². The second-order valence-electron chi connectivity index (χ2n) is 2.92. The van der Waals surface area contributed by atoms with Crippen LogP contribution in [0.4, 0.5) is 0 Å². The molecule has 0 atom stereocenters. The molecular weight excluding hydrogens is 126 g/mol. The van der Waals surface area contributed by atoms with E-state index in [-0.39, 0.29) is 0 Å². The molecule has 0 unspecified atom stereocenters. The first-order chi connectivity index (χ1) is 4.93. The van der Waals surface area contributed by atoms with Crippen molar-refractivity contribution in [3.05, 3.63) is 0 Å². The van der Waals surface area contributed by atoms with Crippen LogP contribution in [-0.2, 0) is 4.74 Å². The van der Waals surface area contributed by atoms with Gasteiger partial charge in [-0.3, -0.25) is 0 Å². The van der Waals surface area contributed by atoms with Crippen LogP contribution in [0.1, 0.15) is 32.1 Å². The minimum Gasteiger partial charge on any atom is -0.378 e. The van der Waals surface area contributed by atoms with Crippen molar-refractivity contribution in [2.75, 3.05) is 13.2 Å². The second kappa shape index (κ2) is 4.69. The fourth-order valence-electron chi connectivity index (χ4n) is 1.03. The molecule has 0 radical (unpaired) electrons. The Morgan fingerprint density at radius 2 is 2.10 bits per heavy atom. The lowest BCUT2D eigenvalue weighted by atomic mass is 9.96. The maximum atomic E-state index is 5.52. The van der Waals surface area contributed by atoms with Crippen molar-refractivity contribution < 1.29 is 4.74 Å². The van der Waals surface area contributed by atoms with Gasteiger partial charge in [0.25, 0.3) is 0 Å². The van der Waals surface area contributed by atoms with Gasteiger partial charge in [0, 0.05) is 6.61 Å². The van der Waals surface area contributed by atoms with Gasteiger partial charge < -0.3 is 10.5 Å². The van der Waals surface area contributed by atoms with Crippen LogP contribution in [0.2, 0.25) is 0 Å². The highest BCUT2D eigenvalue weighted by molar-refractivity contribution is 4.68. The zero-order valence-electron chi connectivity index (χ0n) is 6.51. The molecule has 0 bridgehead atoms. The van der Waals surface area contributed by atoms with Crippen molar-refractivity contribution in [1.82, 2.24) is 0 Å². The Labute approximate surface area is 62.7 Å². The van der Waals surface area contributed by atoms with Crippen LogP contribution in [0.25, 0.3) is 0 Å². The number of ether oxygens (including phenoxy) is 1. The van der Waals surface area contributed by atoms with Crippen molar-refractivity contribution >= 4 is 0 Å². The number of hydrogen-bond donors (Lipinski definition) is 1. The lowest BCUT2D eigenvalue weighted by Crippen LogP contribution is -2.22. The van der Waals surface area contributed by atoms with E-state index in [0.717, 1.165) is 26.0 Å². The molecule has 0 aromatic heterocycles. The van der Waals surface area contributed by atoms with Gasteiger partial charge in [-0.2, -0.15) is 0 Å². The first-order valence-corrected chi connectivity index (χ1v) is 4.25. The molecule has 2 nitrogen and oxygen atoms in total. The van der Waals surface area contributed by atoms with E-state index in [4.69, 9.17) is 10.5 Å². The Morgan fingerprint density at radius 3 is 2.60 bits per heavy atom. The summed E-state index contributed by atoms with van der Waals surface area (Å²) < 4.78 is 5.52. The molecule has 2 heteroatoms. The average Bonchev–Trinajstić information content (AvgIpc) is 1.84. The quantitative estimate of drug-likeness (QED) is 0.589. The Morgan fingerprint density at radius 1 is 1.30 bits per heavy atom. The van der Waals surface area contributed by atoms with Crippen LogP contribution in [0, 0.1) is 0 Å². The molecule has 0 spiro atoms. The van der Waals surface area contributed by atoms with E-state index in [1.165, 1.54) is 19.3 Å². The van der Waals surface area contributed by atoms with Crippen LogP contribution in [-0.4, -0.2) is 19.3 Å². The smallest absolute Gasteiger partial charge is 0.0575 e. The molecule has 0 aromatic carbocycles. The molecule has 0 heterocycles. The summed E-state index contributed by atoms with van der Waals surface area (Å²) in [7, 11) is 0. The fourth-order valence-corrected chi connectivity index (χ4v) is 1.03. The predicted octanol–water partition coefficient (Wildman–Crippen LogP) is 1.29. The van der Waals surface area contributed by atoms with Gasteiger partial charge in [0.05, 0.1) is 6.10 Å². The van der Waals surface area contributed by atoms with E-state index >= 15 is 0 Å². The molecule has 0 aromatic rings. The summed E-state index contributed by atoms with van der Waals surface area (Å²) in [5, 5.41) is 0. The van der Waals surface area contributed by atoms with Crippen LogP contribution >= 0.6 is 0 Å². The molecule has 1 aliphatic rings. The van der Waals surface area contributed by atoms with Crippen LogP contribution < -0.4 is 5.73 Å². The van der Waals surface area contributed by atoms with Gasteiger partial charge in [-0.05, 0) is 38.6 Å². The molecule has 1 rings (SSSR count). The van der Waals surface area contributed by atoms with Gasteiger partial charge >= 0.3 is 0 Å². The Bertz CT molecular complexity index is 81.3. The molecule has 1 aliphatic carbocycles. The standard InChI is InChI=1S/C8H17NO/c9-6-1-2-7-10-8-4-3-5-8/h8H,1-7,9H2. The number of unbranched alkanes of at least 4 members (excludes halogenated alkanes) is 1. The fraction of sp³-hybridized carbons (Fsp3) is 1.00. The summed E-state index contributed by atoms with van der Waals surface area (Å²) in [6.07, 6.45) is 6.75. The number of rotatable bonds is 5. The SMILES string of the molecule is NCCCCOC1CCC1. The van der Waals surface area contributed by atoms with Gasteiger partial charge in [-0.15, -0.1) is 0 Å². The predicted molar refractivity (Wildman–Crippen MR) is 41.9 cm³/mol. The highest BCUT2D eigenvalue weighted by Crippen LogP contribution is 2.21. The van der Waals surface area contributed by atoms with E-state index in [9.17, 15) is 0 Å². The van der Waals surface area contributed by atoms with E-state index in [1.54, 1.807) is 0 Å². The third-order valence-corrected chi connectivity index (χ3v) is 2.00. The van der Waals surface area contributed by atoms with Crippen molar-refractivity contribution in [2.24, 2.45) is 5.73 Å². The molecule has 1 fully saturated rings. The topological polar surface area (TPSA) is 35.2 Å². The highest BCUT2D eigenvalue weighted by Gasteiger charge is 2.16. The Balaban J connectivity index is 1.76. The normalized spacial score (nSPS) is 18.9. The minimum absolute atomic E-state index is 0.595. The van der Waals surface area contributed by atoms with Crippen LogP contribution in [0.3, 0.4) is 0 Å². The molecule has 2 N–H and O–H groups in total. The highest BCUT2D eigenvalue weighted by atomic mass is 16.5. The van der Waals surface area contributed by atoms with Gasteiger partial charge in [-0.25, -0.2) is 0 Å². The monoisotopic (exact) mass is 143 g/mol. The Hall–Kier alpha value is -0.0800. The average molecular weight is 143 g/mol. The van der Waals surface area contributed by atoms with Crippen LogP contribution in [0.5, 0.6) is 0 Å². The lowest BCUT2D eigenvalue weighted by Gasteiger charge is -2.25. The second-order valence-corrected chi connectivity index (χ2v) is 2.92. The van der Waals surface area contributed by atoms with E-state index in [0.29, 0.717) is 6.10 Å². The zero-order valence-corrected chi connectivity index (χ0v) is 6.51. The molecule has 1 saturated carbocycles. The molecular formula is C8H17NO. The van der Waals surface area contributed by atoms with E-state index < -0.39 is 0 Å². The summed E-state index contributed by atoms with van der Waals surface area (Å²) in [5.41, 5.74) is 5.34. The van der Waals surface area contributed by atoms with Gasteiger partial charge in [0.15, 0.2) is 0 Å². The molecule has 0 aliphatic heterocycles. The van der Waals surface area contributed by atoms with Gasteiger partial charge in [-0.1, -0.05) is 0 Å². The zero-order chi connectivity index (χ0) is 7.23.